The predicted molar refractivity (Wildman–Crippen MR) is 82.9 cm³/mol. The average molecular weight is 275 g/mol. The Morgan fingerprint density at radius 1 is 1.40 bits per heavy atom. The van der Waals surface area contributed by atoms with Crippen molar-refractivity contribution in [2.75, 3.05) is 38.1 Å². The first-order valence-corrected chi connectivity index (χ1v) is 7.43. The summed E-state index contributed by atoms with van der Waals surface area (Å²) in [5, 5.41) is 6.26. The molecule has 1 aliphatic rings. The van der Waals surface area contributed by atoms with Crippen LogP contribution in [0.3, 0.4) is 0 Å². The lowest BCUT2D eigenvalue weighted by molar-refractivity contribution is -0.126. The SMILES string of the molecule is CC(C(=O)NCCCN(C)c1ccccc1)C1CNC1. The molecule has 1 heterocycles. The molecule has 2 rings (SSSR count). The largest absolute Gasteiger partial charge is 0.375 e. The summed E-state index contributed by atoms with van der Waals surface area (Å²) in [5.41, 5.74) is 1.22. The molecule has 1 aromatic carbocycles. The van der Waals surface area contributed by atoms with Crippen molar-refractivity contribution in [2.24, 2.45) is 11.8 Å². The first kappa shape index (κ1) is 14.9. The first-order chi connectivity index (χ1) is 9.68. The maximum Gasteiger partial charge on any atom is 0.223 e. The van der Waals surface area contributed by atoms with Crippen molar-refractivity contribution >= 4 is 11.6 Å². The highest BCUT2D eigenvalue weighted by atomic mass is 16.1. The van der Waals surface area contributed by atoms with Crippen molar-refractivity contribution < 1.29 is 4.79 Å². The van der Waals surface area contributed by atoms with Crippen molar-refractivity contribution in [3.8, 4) is 0 Å². The highest BCUT2D eigenvalue weighted by Crippen LogP contribution is 2.15. The van der Waals surface area contributed by atoms with Gasteiger partial charge in [-0.1, -0.05) is 25.1 Å². The van der Waals surface area contributed by atoms with E-state index in [1.165, 1.54) is 5.69 Å². The van der Waals surface area contributed by atoms with Gasteiger partial charge in [0.15, 0.2) is 0 Å². The Bertz CT molecular complexity index is 417. The molecule has 0 aromatic heterocycles. The number of amides is 1. The van der Waals surface area contributed by atoms with E-state index in [9.17, 15) is 4.79 Å². The summed E-state index contributed by atoms with van der Waals surface area (Å²) in [7, 11) is 2.08. The van der Waals surface area contributed by atoms with E-state index in [1.807, 2.05) is 25.1 Å². The van der Waals surface area contributed by atoms with Crippen LogP contribution < -0.4 is 15.5 Å². The molecule has 1 amide bonds. The number of hydrogen-bond donors (Lipinski definition) is 2. The lowest BCUT2D eigenvalue weighted by atomic mass is 9.88. The second-order valence-electron chi connectivity index (χ2n) is 5.61. The maximum atomic E-state index is 11.9. The van der Waals surface area contributed by atoms with Crippen LogP contribution in [-0.2, 0) is 4.79 Å². The zero-order valence-electron chi connectivity index (χ0n) is 12.4. The fraction of sp³-hybridized carbons (Fsp3) is 0.562. The molecule has 1 aromatic rings. The number of nitrogens with zero attached hydrogens (tertiary/aromatic N) is 1. The third kappa shape index (κ3) is 3.97. The molecule has 2 N–H and O–H groups in total. The zero-order valence-corrected chi connectivity index (χ0v) is 12.4. The fourth-order valence-corrected chi connectivity index (χ4v) is 2.38. The van der Waals surface area contributed by atoms with Crippen molar-refractivity contribution in [3.05, 3.63) is 30.3 Å². The summed E-state index contributed by atoms with van der Waals surface area (Å²) >= 11 is 0. The van der Waals surface area contributed by atoms with Gasteiger partial charge in [0.05, 0.1) is 0 Å². The molecular formula is C16H25N3O. The zero-order chi connectivity index (χ0) is 14.4. The molecule has 4 heteroatoms. The van der Waals surface area contributed by atoms with Gasteiger partial charge in [-0.3, -0.25) is 4.79 Å². The van der Waals surface area contributed by atoms with Crippen LogP contribution in [-0.4, -0.2) is 39.1 Å². The standard InChI is InChI=1S/C16H25N3O/c1-13(14-11-17-12-14)16(20)18-9-6-10-19(2)15-7-4-3-5-8-15/h3-5,7-8,13-14,17H,6,9-12H2,1-2H3,(H,18,20). The number of hydrogen-bond acceptors (Lipinski definition) is 3. The number of carbonyl (C=O) groups is 1. The van der Waals surface area contributed by atoms with Crippen LogP contribution in [0.25, 0.3) is 0 Å². The smallest absolute Gasteiger partial charge is 0.223 e. The summed E-state index contributed by atoms with van der Waals surface area (Å²) in [4.78, 5) is 14.2. The van der Waals surface area contributed by atoms with Gasteiger partial charge in [0.25, 0.3) is 0 Å². The summed E-state index contributed by atoms with van der Waals surface area (Å²) in [6, 6.07) is 10.3. The van der Waals surface area contributed by atoms with Gasteiger partial charge in [0.1, 0.15) is 0 Å². The number of anilines is 1. The van der Waals surface area contributed by atoms with Gasteiger partial charge in [-0.25, -0.2) is 0 Å². The topological polar surface area (TPSA) is 44.4 Å². The van der Waals surface area contributed by atoms with Crippen LogP contribution in [0.5, 0.6) is 0 Å². The minimum Gasteiger partial charge on any atom is -0.375 e. The maximum absolute atomic E-state index is 11.9. The van der Waals surface area contributed by atoms with E-state index in [0.29, 0.717) is 5.92 Å². The van der Waals surface area contributed by atoms with Gasteiger partial charge in [0.2, 0.25) is 5.91 Å². The second kappa shape index (κ2) is 7.29. The van der Waals surface area contributed by atoms with Gasteiger partial charge in [-0.2, -0.15) is 0 Å². The van der Waals surface area contributed by atoms with Gasteiger partial charge in [-0.15, -0.1) is 0 Å². The molecule has 4 nitrogen and oxygen atoms in total. The van der Waals surface area contributed by atoms with Crippen LogP contribution in [0.4, 0.5) is 5.69 Å². The number of rotatable bonds is 7. The van der Waals surface area contributed by atoms with Crippen LogP contribution in [0.15, 0.2) is 30.3 Å². The van der Waals surface area contributed by atoms with Crippen LogP contribution in [0.1, 0.15) is 13.3 Å². The van der Waals surface area contributed by atoms with Gasteiger partial charge in [0, 0.05) is 31.7 Å². The van der Waals surface area contributed by atoms with Gasteiger partial charge < -0.3 is 15.5 Å². The normalized spacial score (nSPS) is 16.3. The molecule has 110 valence electrons. The Morgan fingerprint density at radius 2 is 2.10 bits per heavy atom. The molecule has 1 atom stereocenters. The Labute approximate surface area is 121 Å². The summed E-state index contributed by atoms with van der Waals surface area (Å²) in [5.74, 6) is 0.837. The number of benzene rings is 1. The highest BCUT2D eigenvalue weighted by Gasteiger charge is 2.28. The molecule has 0 spiro atoms. The van der Waals surface area contributed by atoms with Crippen molar-refractivity contribution in [3.63, 3.8) is 0 Å². The third-order valence-corrected chi connectivity index (χ3v) is 4.10. The summed E-state index contributed by atoms with van der Waals surface area (Å²) in [6.07, 6.45) is 0.965. The molecular weight excluding hydrogens is 250 g/mol. The fourth-order valence-electron chi connectivity index (χ4n) is 2.38. The van der Waals surface area contributed by atoms with E-state index < -0.39 is 0 Å². The minimum atomic E-state index is 0.128. The van der Waals surface area contributed by atoms with Crippen molar-refractivity contribution in [2.45, 2.75) is 13.3 Å². The Balaban J connectivity index is 1.62. The molecule has 1 aliphatic heterocycles. The summed E-state index contributed by atoms with van der Waals surface area (Å²) < 4.78 is 0. The Morgan fingerprint density at radius 3 is 2.70 bits per heavy atom. The van der Waals surface area contributed by atoms with Crippen LogP contribution in [0, 0.1) is 11.8 Å². The van der Waals surface area contributed by atoms with E-state index in [0.717, 1.165) is 32.6 Å². The van der Waals surface area contributed by atoms with E-state index in [-0.39, 0.29) is 11.8 Å². The van der Waals surface area contributed by atoms with Crippen molar-refractivity contribution in [1.82, 2.24) is 10.6 Å². The molecule has 0 bridgehead atoms. The molecule has 0 radical (unpaired) electrons. The second-order valence-corrected chi connectivity index (χ2v) is 5.61. The molecule has 1 saturated heterocycles. The molecule has 0 saturated carbocycles. The molecule has 0 aliphatic carbocycles. The van der Waals surface area contributed by atoms with E-state index >= 15 is 0 Å². The molecule has 20 heavy (non-hydrogen) atoms. The molecule has 1 unspecified atom stereocenters. The Hall–Kier alpha value is -1.55. The first-order valence-electron chi connectivity index (χ1n) is 7.43. The highest BCUT2D eigenvalue weighted by molar-refractivity contribution is 5.78. The molecule has 1 fully saturated rings. The number of carbonyl (C=O) groups excluding carboxylic acids is 1. The van der Waals surface area contributed by atoms with Crippen LogP contribution in [0.2, 0.25) is 0 Å². The van der Waals surface area contributed by atoms with E-state index in [2.05, 4.69) is 34.7 Å². The lowest BCUT2D eigenvalue weighted by Crippen LogP contribution is -2.49. The van der Waals surface area contributed by atoms with Gasteiger partial charge in [-0.05, 0) is 37.6 Å². The minimum absolute atomic E-state index is 0.128. The Kier molecular flexibility index (Phi) is 5.41. The summed E-state index contributed by atoms with van der Waals surface area (Å²) in [6.45, 7) is 5.68. The monoisotopic (exact) mass is 275 g/mol. The van der Waals surface area contributed by atoms with E-state index in [4.69, 9.17) is 0 Å². The third-order valence-electron chi connectivity index (χ3n) is 4.10. The van der Waals surface area contributed by atoms with Crippen molar-refractivity contribution in [1.29, 1.82) is 0 Å². The van der Waals surface area contributed by atoms with E-state index in [1.54, 1.807) is 0 Å². The quantitative estimate of drug-likeness (QED) is 0.741. The van der Waals surface area contributed by atoms with Gasteiger partial charge >= 0.3 is 0 Å². The average Bonchev–Trinajstić information content (AvgIpc) is 2.42. The predicted octanol–water partition coefficient (Wildman–Crippen LogP) is 1.48. The number of nitrogens with one attached hydrogen (secondary N) is 2. The van der Waals surface area contributed by atoms with Crippen LogP contribution >= 0.6 is 0 Å². The lowest BCUT2D eigenvalue weighted by Gasteiger charge is -2.31. The number of para-hydroxylation sites is 1.